The van der Waals surface area contributed by atoms with Gasteiger partial charge in [0.1, 0.15) is 11.4 Å². The second-order valence-corrected chi connectivity index (χ2v) is 4.73. The van der Waals surface area contributed by atoms with Crippen LogP contribution in [-0.2, 0) is 16.0 Å². The molecular formula is C13H20N2O3. The van der Waals surface area contributed by atoms with Crippen molar-refractivity contribution in [3.8, 4) is 0 Å². The van der Waals surface area contributed by atoms with Crippen LogP contribution in [0.5, 0.6) is 0 Å². The average Bonchev–Trinajstić information content (AvgIpc) is 2.71. The minimum absolute atomic E-state index is 0.00296. The molecule has 0 saturated carbocycles. The zero-order valence-corrected chi connectivity index (χ0v) is 11.2. The van der Waals surface area contributed by atoms with Crippen molar-refractivity contribution in [2.75, 3.05) is 11.9 Å². The summed E-state index contributed by atoms with van der Waals surface area (Å²) < 4.78 is 10.6. The van der Waals surface area contributed by atoms with Gasteiger partial charge < -0.3 is 14.6 Å². The van der Waals surface area contributed by atoms with Crippen LogP contribution in [0, 0.1) is 12.8 Å². The molecule has 2 heterocycles. The Bertz CT molecular complexity index is 428. The van der Waals surface area contributed by atoms with Crippen molar-refractivity contribution in [2.24, 2.45) is 5.92 Å². The Morgan fingerprint density at radius 3 is 3.00 bits per heavy atom. The second kappa shape index (κ2) is 5.52. The molecule has 1 saturated heterocycles. The van der Waals surface area contributed by atoms with Crippen LogP contribution < -0.4 is 5.32 Å². The maximum absolute atomic E-state index is 12.2. The third kappa shape index (κ3) is 2.56. The number of hydrogen-bond acceptors (Lipinski definition) is 4. The molecule has 2 rings (SSSR count). The molecule has 1 fully saturated rings. The van der Waals surface area contributed by atoms with Gasteiger partial charge in [0.25, 0.3) is 0 Å². The van der Waals surface area contributed by atoms with Crippen LogP contribution >= 0.6 is 0 Å². The van der Waals surface area contributed by atoms with E-state index in [-0.39, 0.29) is 17.9 Å². The summed E-state index contributed by atoms with van der Waals surface area (Å²) in [6.45, 7) is 6.49. The van der Waals surface area contributed by atoms with E-state index in [0.717, 1.165) is 37.3 Å². The van der Waals surface area contributed by atoms with Gasteiger partial charge in [-0.05, 0) is 33.1 Å². The molecule has 1 amide bonds. The van der Waals surface area contributed by atoms with Gasteiger partial charge in [0.15, 0.2) is 5.76 Å². The Balaban J connectivity index is 2.08. The van der Waals surface area contributed by atoms with Crippen molar-refractivity contribution in [3.05, 3.63) is 11.5 Å². The van der Waals surface area contributed by atoms with E-state index in [9.17, 15) is 4.79 Å². The van der Waals surface area contributed by atoms with E-state index in [4.69, 9.17) is 9.26 Å². The molecule has 1 aromatic rings. The number of carbonyl (C=O) groups excluding carboxylic acids is 1. The van der Waals surface area contributed by atoms with Gasteiger partial charge in [-0.3, -0.25) is 4.79 Å². The number of aromatic nitrogens is 1. The number of amides is 1. The van der Waals surface area contributed by atoms with Gasteiger partial charge in [0.2, 0.25) is 5.91 Å². The van der Waals surface area contributed by atoms with Crippen LogP contribution in [-0.4, -0.2) is 23.8 Å². The Kier molecular flexibility index (Phi) is 4.01. The molecule has 1 aliphatic rings. The summed E-state index contributed by atoms with van der Waals surface area (Å²) in [5.74, 6) is 0.575. The predicted octanol–water partition coefficient (Wildman–Crippen LogP) is 2.30. The summed E-state index contributed by atoms with van der Waals surface area (Å²) in [5.41, 5.74) is 1.52. The normalized spacial score (nSPS) is 23.9. The lowest BCUT2D eigenvalue weighted by atomic mass is 9.94. The summed E-state index contributed by atoms with van der Waals surface area (Å²) in [4.78, 5) is 12.2. The highest BCUT2D eigenvalue weighted by Gasteiger charge is 2.29. The molecular weight excluding hydrogens is 232 g/mol. The smallest absolute Gasteiger partial charge is 0.230 e. The topological polar surface area (TPSA) is 64.4 Å². The molecule has 0 aliphatic carbocycles. The fourth-order valence-corrected chi connectivity index (χ4v) is 2.30. The lowest BCUT2D eigenvalue weighted by molar-refractivity contribution is -0.127. The fourth-order valence-electron chi connectivity index (χ4n) is 2.30. The highest BCUT2D eigenvalue weighted by molar-refractivity contribution is 5.93. The first kappa shape index (κ1) is 13.1. The zero-order chi connectivity index (χ0) is 13.1. The number of rotatable bonds is 3. The van der Waals surface area contributed by atoms with Crippen molar-refractivity contribution < 1.29 is 14.1 Å². The third-order valence-electron chi connectivity index (χ3n) is 3.46. The standard InChI is InChI=1S/C13H20N2O3/c1-4-11-12(9(3)18-15-11)14-13(16)10-6-5-7-17-8(10)2/h8,10H,4-7H2,1-3H3,(H,14,16)/t8-,10+/m0/s1. The molecule has 1 aromatic heterocycles. The lowest BCUT2D eigenvalue weighted by Crippen LogP contribution is -2.36. The van der Waals surface area contributed by atoms with Gasteiger partial charge in [-0.25, -0.2) is 0 Å². The number of nitrogens with zero attached hydrogens (tertiary/aromatic N) is 1. The van der Waals surface area contributed by atoms with E-state index in [1.54, 1.807) is 0 Å². The zero-order valence-electron chi connectivity index (χ0n) is 11.2. The third-order valence-corrected chi connectivity index (χ3v) is 3.46. The summed E-state index contributed by atoms with van der Waals surface area (Å²) in [6.07, 6.45) is 2.53. The van der Waals surface area contributed by atoms with E-state index in [1.165, 1.54) is 0 Å². The fraction of sp³-hybridized carbons (Fsp3) is 0.692. The highest BCUT2D eigenvalue weighted by atomic mass is 16.5. The van der Waals surface area contributed by atoms with Gasteiger partial charge in [-0.2, -0.15) is 0 Å². The minimum Gasteiger partial charge on any atom is -0.378 e. The van der Waals surface area contributed by atoms with Crippen LogP contribution in [0.4, 0.5) is 5.69 Å². The van der Waals surface area contributed by atoms with E-state index in [0.29, 0.717) is 5.76 Å². The lowest BCUT2D eigenvalue weighted by Gasteiger charge is -2.27. The van der Waals surface area contributed by atoms with Gasteiger partial charge >= 0.3 is 0 Å². The Labute approximate surface area is 107 Å². The summed E-state index contributed by atoms with van der Waals surface area (Å²) in [5, 5.41) is 6.87. The van der Waals surface area contributed by atoms with E-state index in [2.05, 4.69) is 10.5 Å². The maximum atomic E-state index is 12.2. The maximum Gasteiger partial charge on any atom is 0.230 e. The molecule has 1 aliphatic heterocycles. The Hall–Kier alpha value is -1.36. The number of hydrogen-bond donors (Lipinski definition) is 1. The van der Waals surface area contributed by atoms with Crippen molar-refractivity contribution in [1.29, 1.82) is 0 Å². The summed E-state index contributed by atoms with van der Waals surface area (Å²) >= 11 is 0. The molecule has 0 unspecified atom stereocenters. The van der Waals surface area contributed by atoms with Gasteiger partial charge in [-0.1, -0.05) is 12.1 Å². The first-order valence-corrected chi connectivity index (χ1v) is 6.51. The van der Waals surface area contributed by atoms with Gasteiger partial charge in [0.05, 0.1) is 12.0 Å². The first-order chi connectivity index (χ1) is 8.63. The highest BCUT2D eigenvalue weighted by Crippen LogP contribution is 2.25. The quantitative estimate of drug-likeness (QED) is 0.896. The van der Waals surface area contributed by atoms with Crippen molar-refractivity contribution in [2.45, 2.75) is 46.1 Å². The molecule has 0 bridgehead atoms. The van der Waals surface area contributed by atoms with Crippen molar-refractivity contribution in [1.82, 2.24) is 5.16 Å². The Morgan fingerprint density at radius 1 is 1.56 bits per heavy atom. The van der Waals surface area contributed by atoms with Crippen molar-refractivity contribution >= 4 is 11.6 Å². The van der Waals surface area contributed by atoms with Crippen molar-refractivity contribution in [3.63, 3.8) is 0 Å². The van der Waals surface area contributed by atoms with Crippen LogP contribution in [0.15, 0.2) is 4.52 Å². The van der Waals surface area contributed by atoms with E-state index < -0.39 is 0 Å². The number of nitrogens with one attached hydrogen (secondary N) is 1. The summed E-state index contributed by atoms with van der Waals surface area (Å²) in [6, 6.07) is 0. The number of carbonyl (C=O) groups is 1. The second-order valence-electron chi connectivity index (χ2n) is 4.73. The SMILES string of the molecule is CCc1noc(C)c1NC(=O)[C@@H]1CCCO[C@H]1C. The van der Waals surface area contributed by atoms with Gasteiger partial charge in [-0.15, -0.1) is 0 Å². The Morgan fingerprint density at radius 2 is 2.33 bits per heavy atom. The monoisotopic (exact) mass is 252 g/mol. The first-order valence-electron chi connectivity index (χ1n) is 6.51. The molecule has 5 nitrogen and oxygen atoms in total. The number of anilines is 1. The number of ether oxygens (including phenoxy) is 1. The van der Waals surface area contributed by atoms with Crippen LogP contribution in [0.3, 0.4) is 0 Å². The van der Waals surface area contributed by atoms with Crippen LogP contribution in [0.25, 0.3) is 0 Å². The molecule has 18 heavy (non-hydrogen) atoms. The summed E-state index contributed by atoms with van der Waals surface area (Å²) in [7, 11) is 0. The molecule has 0 radical (unpaired) electrons. The largest absolute Gasteiger partial charge is 0.378 e. The number of aryl methyl sites for hydroxylation is 2. The molecule has 0 spiro atoms. The molecule has 0 aromatic carbocycles. The molecule has 5 heteroatoms. The molecule has 2 atom stereocenters. The predicted molar refractivity (Wildman–Crippen MR) is 67.4 cm³/mol. The minimum atomic E-state index is -0.0854. The molecule has 100 valence electrons. The van der Waals surface area contributed by atoms with Crippen LogP contribution in [0.1, 0.15) is 38.1 Å². The van der Waals surface area contributed by atoms with E-state index >= 15 is 0 Å². The van der Waals surface area contributed by atoms with E-state index in [1.807, 2.05) is 20.8 Å². The average molecular weight is 252 g/mol. The van der Waals surface area contributed by atoms with Gasteiger partial charge in [0, 0.05) is 6.61 Å². The van der Waals surface area contributed by atoms with Crippen LogP contribution in [0.2, 0.25) is 0 Å². The molecule has 1 N–H and O–H groups in total.